The first-order valence-electron chi connectivity index (χ1n) is 27.1. The van der Waals surface area contributed by atoms with E-state index in [1.165, 1.54) is 49.6 Å². The zero-order valence-corrected chi connectivity index (χ0v) is 46.9. The molecule has 10 rings (SSSR count). The fraction of sp³-hybridized carbons (Fsp3) is 0.483. The number of nitrogens with zero attached hydrogens (tertiary/aromatic N) is 6. The van der Waals surface area contributed by atoms with Crippen LogP contribution in [-0.4, -0.2) is 116 Å². The topological polar surface area (TPSA) is 199 Å². The molecule has 5 aromatic rings. The summed E-state index contributed by atoms with van der Waals surface area (Å²) in [7, 11) is -0.246. The number of hydroxylamine groups is 1. The van der Waals surface area contributed by atoms with Crippen LogP contribution in [0.2, 0.25) is 5.15 Å². The third-order valence-corrected chi connectivity index (χ3v) is 18.3. The molecule has 1 amide bonds. The Morgan fingerprint density at radius 3 is 2.45 bits per heavy atom. The molecule has 2 saturated heterocycles. The van der Waals surface area contributed by atoms with E-state index in [2.05, 4.69) is 77.8 Å². The number of sulfonamides is 1. The number of ether oxygens (including phenoxy) is 3. The number of halogens is 2. The number of carbonyl (C=O) groups excluding carboxylic acids is 1. The number of allylic oxidation sites excluding steroid dienone is 1. The summed E-state index contributed by atoms with van der Waals surface area (Å²) >= 11 is 6.40. The van der Waals surface area contributed by atoms with E-state index in [1.54, 1.807) is 19.2 Å². The van der Waals surface area contributed by atoms with Crippen LogP contribution in [0.3, 0.4) is 0 Å². The largest absolute Gasteiger partial charge is 0.629 e. The monoisotopic (exact) mass is 1110 g/mol. The van der Waals surface area contributed by atoms with Gasteiger partial charge in [-0.05, 0) is 123 Å². The molecule has 17 nitrogen and oxygen atoms in total. The minimum atomic E-state index is -4.59. The van der Waals surface area contributed by atoms with Crippen molar-refractivity contribution < 1.29 is 42.0 Å². The molecule has 2 aliphatic heterocycles. The number of amides is 1. The molecule has 20 heteroatoms. The smallest absolute Gasteiger partial charge is 0.268 e. The van der Waals surface area contributed by atoms with Crippen molar-refractivity contribution in [2.45, 2.75) is 114 Å². The number of aromatic nitrogens is 3. The van der Waals surface area contributed by atoms with Crippen LogP contribution in [0, 0.1) is 16.5 Å². The Morgan fingerprint density at radius 2 is 1.73 bits per heavy atom. The number of quaternary nitrogens is 1. The second-order valence-corrected chi connectivity index (χ2v) is 24.6. The number of fused-ring (bicyclic) bond motifs is 1. The van der Waals surface area contributed by atoms with Crippen molar-refractivity contribution in [2.24, 2.45) is 11.3 Å². The van der Waals surface area contributed by atoms with Crippen LogP contribution in [0.4, 0.5) is 21.6 Å². The van der Waals surface area contributed by atoms with Gasteiger partial charge >= 0.3 is 0 Å². The fourth-order valence-corrected chi connectivity index (χ4v) is 13.5. The zero-order valence-electron chi connectivity index (χ0n) is 45.3. The molecule has 4 N–H and O–H groups in total. The predicted molar refractivity (Wildman–Crippen MR) is 298 cm³/mol. The molecule has 4 fully saturated rings. The molecule has 3 aliphatic carbocycles. The summed E-state index contributed by atoms with van der Waals surface area (Å²) in [4.78, 5) is 34.6. The molecule has 0 bridgehead atoms. The molecule has 1 unspecified atom stereocenters. The van der Waals surface area contributed by atoms with Gasteiger partial charge in [0.25, 0.3) is 21.8 Å². The Hall–Kier alpha value is -5.93. The number of piperazine rings is 1. The van der Waals surface area contributed by atoms with E-state index in [0.717, 1.165) is 95.2 Å². The molecule has 5 heterocycles. The first-order chi connectivity index (χ1) is 37.3. The van der Waals surface area contributed by atoms with E-state index >= 15 is 4.39 Å². The summed E-state index contributed by atoms with van der Waals surface area (Å²) in [6.45, 7) is 11.8. The molecule has 78 heavy (non-hydrogen) atoms. The number of nitrogens with one attached hydrogen (secondary N) is 3. The molecule has 0 radical (unpaired) electrons. The third kappa shape index (κ3) is 12.0. The average Bonchev–Trinajstić information content (AvgIpc) is 3.83. The Balaban J connectivity index is 0.855. The Labute approximate surface area is 461 Å². The van der Waals surface area contributed by atoms with Crippen molar-refractivity contribution in [3.8, 4) is 23.3 Å². The summed E-state index contributed by atoms with van der Waals surface area (Å²) < 4.78 is 62.7. The van der Waals surface area contributed by atoms with E-state index < -0.39 is 32.4 Å². The van der Waals surface area contributed by atoms with E-state index in [4.69, 9.17) is 25.8 Å². The van der Waals surface area contributed by atoms with Crippen LogP contribution in [0.15, 0.2) is 83.9 Å². The maximum atomic E-state index is 15.0. The minimum absolute atomic E-state index is 0.0102. The number of rotatable bonds is 17. The minimum Gasteiger partial charge on any atom is -0.629 e. The van der Waals surface area contributed by atoms with Crippen LogP contribution in [0.1, 0.15) is 122 Å². The van der Waals surface area contributed by atoms with Crippen LogP contribution < -0.4 is 34.2 Å². The standard InChI is InChI=1S/C58H71ClFN9O8S/c1-36(2)42-9-7-8-10-43(42)49-35-67(34-38-25-52(59)64-53(26-38)75-5)23-24-69(49)40-30-58(31-40)19-21-68(22-20-58)39-11-12-44(50(27-39)77-51-29-45-46(60)13-14-47(45)63-56(51)76-6)55(70)65-78(73,74)41-28-48(66(4)72)54(62-33-41)61-32-37-15-17-57(3,71)18-16-37/h7-13,25-29,33,36-37,40,49,66,71H,14-24,30-32,34-35H2,1-6H3,(H,61,62)(H,65,70)/t37?,49-,57?/m0/s1. The lowest BCUT2D eigenvalue weighted by atomic mass is 9.59. The number of methoxy groups -OCH3 is 2. The fourth-order valence-electron chi connectivity index (χ4n) is 12.3. The molecule has 416 valence electrons. The Morgan fingerprint density at radius 1 is 0.974 bits per heavy atom. The lowest BCUT2D eigenvalue weighted by Crippen LogP contribution is -2.98. The number of hydrogen-bond donors (Lipinski definition) is 4. The molecule has 2 aromatic carbocycles. The van der Waals surface area contributed by atoms with Crippen LogP contribution in [0.5, 0.6) is 23.3 Å². The van der Waals surface area contributed by atoms with Crippen molar-refractivity contribution in [1.29, 1.82) is 0 Å². The van der Waals surface area contributed by atoms with E-state index in [-0.39, 0.29) is 68.7 Å². The molecule has 3 aromatic heterocycles. The van der Waals surface area contributed by atoms with Gasteiger partial charge in [0.05, 0.1) is 44.3 Å². The SMILES string of the molecule is COc1cc(CN2CCN(C3CC4(CCN(c5ccc(C(=O)NS(=O)(=O)c6cnc(NCC7CCC(C)(O)CC7)c([NH+](C)[O-])c6)c(Oc6cc7c(nc6OC)CC=C7F)c5)CC4)C3)[C@H](c3ccccc3C(C)C)C2)cc(Cl)n1. The van der Waals surface area contributed by atoms with Gasteiger partial charge in [0.2, 0.25) is 5.88 Å². The van der Waals surface area contributed by atoms with Crippen LogP contribution >= 0.6 is 11.6 Å². The summed E-state index contributed by atoms with van der Waals surface area (Å²) in [6.07, 6.45) is 9.80. The number of hydrogen-bond acceptors (Lipinski definition) is 15. The number of pyridine rings is 3. The van der Waals surface area contributed by atoms with Gasteiger partial charge in [-0.3, -0.25) is 14.6 Å². The number of carbonyl (C=O) groups is 1. The maximum Gasteiger partial charge on any atom is 0.268 e. The van der Waals surface area contributed by atoms with E-state index in [1.807, 2.05) is 19.1 Å². The van der Waals surface area contributed by atoms with Crippen molar-refractivity contribution in [3.05, 3.63) is 123 Å². The highest BCUT2D eigenvalue weighted by Gasteiger charge is 2.50. The van der Waals surface area contributed by atoms with Crippen molar-refractivity contribution >= 4 is 50.6 Å². The highest BCUT2D eigenvalue weighted by Crippen LogP contribution is 2.54. The molecule has 2 saturated carbocycles. The van der Waals surface area contributed by atoms with Crippen molar-refractivity contribution in [1.82, 2.24) is 29.5 Å². The summed E-state index contributed by atoms with van der Waals surface area (Å²) in [5, 5.41) is 26.5. The second-order valence-electron chi connectivity index (χ2n) is 22.6. The first-order valence-corrected chi connectivity index (χ1v) is 29.0. The van der Waals surface area contributed by atoms with Crippen molar-refractivity contribution in [2.75, 3.05) is 70.8 Å². The van der Waals surface area contributed by atoms with Gasteiger partial charge in [0.15, 0.2) is 17.3 Å². The first kappa shape index (κ1) is 55.4. The van der Waals surface area contributed by atoms with Gasteiger partial charge in [-0.2, -0.15) is 0 Å². The number of benzene rings is 2. The average molecular weight is 1110 g/mol. The third-order valence-electron chi connectivity index (χ3n) is 16.8. The molecular weight excluding hydrogens is 1040 g/mol. The predicted octanol–water partition coefficient (Wildman–Crippen LogP) is 8.75. The number of piperidine rings is 1. The molecule has 1 spiro atoms. The van der Waals surface area contributed by atoms with E-state index in [0.29, 0.717) is 48.1 Å². The van der Waals surface area contributed by atoms with Gasteiger partial charge in [-0.25, -0.2) is 32.5 Å². The van der Waals surface area contributed by atoms with Gasteiger partial charge in [0, 0.05) is 93.8 Å². The molecular formula is C58H71ClFN9O8S. The van der Waals surface area contributed by atoms with Gasteiger partial charge in [0.1, 0.15) is 21.6 Å². The van der Waals surface area contributed by atoms with Crippen LogP contribution in [-0.2, 0) is 23.0 Å². The van der Waals surface area contributed by atoms with Gasteiger partial charge in [-0.15, -0.1) is 0 Å². The highest BCUT2D eigenvalue weighted by atomic mass is 35.5. The van der Waals surface area contributed by atoms with E-state index in [9.17, 15) is 23.5 Å². The van der Waals surface area contributed by atoms with Gasteiger partial charge < -0.3 is 39.8 Å². The highest BCUT2D eigenvalue weighted by molar-refractivity contribution is 7.90. The Kier molecular flexibility index (Phi) is 16.1. The Bertz CT molecular complexity index is 3170. The zero-order chi connectivity index (χ0) is 55.1. The lowest BCUT2D eigenvalue weighted by Gasteiger charge is -2.58. The van der Waals surface area contributed by atoms with Crippen molar-refractivity contribution in [3.63, 3.8) is 0 Å². The molecule has 2 atom stereocenters. The number of anilines is 2. The number of aliphatic hydroxyl groups is 1. The second kappa shape index (κ2) is 22.7. The summed E-state index contributed by atoms with van der Waals surface area (Å²) in [6, 6.07) is 21.1. The van der Waals surface area contributed by atoms with Crippen LogP contribution in [0.25, 0.3) is 5.83 Å². The normalized spacial score (nSPS) is 22.1. The summed E-state index contributed by atoms with van der Waals surface area (Å²) in [5.74, 6) is 0.0275. The molecule has 5 aliphatic rings. The maximum absolute atomic E-state index is 15.0. The lowest BCUT2D eigenvalue weighted by molar-refractivity contribution is -0.751. The quantitative estimate of drug-likeness (QED) is 0.0509. The van der Waals surface area contributed by atoms with Gasteiger partial charge in [-0.1, -0.05) is 49.7 Å². The summed E-state index contributed by atoms with van der Waals surface area (Å²) in [5.41, 5.74) is 4.71.